The van der Waals surface area contributed by atoms with Gasteiger partial charge >= 0.3 is 0 Å². The Morgan fingerprint density at radius 1 is 1.07 bits per heavy atom. The number of hydrogen-bond acceptors (Lipinski definition) is 9. The van der Waals surface area contributed by atoms with E-state index in [1.54, 1.807) is 6.20 Å². The second-order valence-corrected chi connectivity index (χ2v) is 8.58. The maximum atomic E-state index is 10.8. The molecule has 0 amide bonds. The van der Waals surface area contributed by atoms with E-state index in [-0.39, 0.29) is 0 Å². The number of nitrogens with one attached hydrogen (secondary N) is 1. The van der Waals surface area contributed by atoms with Crippen LogP contribution in [0.25, 0.3) is 0 Å². The highest BCUT2D eigenvalue weighted by atomic mass is 32.1. The minimum absolute atomic E-state index is 0.584. The van der Waals surface area contributed by atoms with Gasteiger partial charge in [-0.1, -0.05) is 30.6 Å². The third-order valence-corrected chi connectivity index (χ3v) is 6.03. The Bertz CT molecular complexity index is 820. The molecule has 1 fully saturated rings. The summed E-state index contributed by atoms with van der Waals surface area (Å²) in [6, 6.07) is 1.95. The van der Waals surface area contributed by atoms with Gasteiger partial charge in [0.1, 0.15) is 23.7 Å². The number of aromatic nitrogens is 3. The van der Waals surface area contributed by atoms with Gasteiger partial charge in [0.15, 0.2) is 11.4 Å². The van der Waals surface area contributed by atoms with E-state index in [4.69, 9.17) is 0 Å². The van der Waals surface area contributed by atoms with Gasteiger partial charge < -0.3 is 15.0 Å². The summed E-state index contributed by atoms with van der Waals surface area (Å²) in [5.74, 6) is 2.33. The van der Waals surface area contributed by atoms with Gasteiger partial charge in [0.2, 0.25) is 0 Å². The van der Waals surface area contributed by atoms with Gasteiger partial charge in [-0.25, -0.2) is 15.0 Å². The van der Waals surface area contributed by atoms with Crippen molar-refractivity contribution < 1.29 is 9.59 Å². The van der Waals surface area contributed by atoms with E-state index in [2.05, 4.69) is 30.1 Å². The predicted molar refractivity (Wildman–Crippen MR) is 120 cm³/mol. The topological polar surface area (TPSA) is 91.3 Å². The molecule has 1 N–H and O–H groups in total. The molecule has 0 saturated carbocycles. The number of anilines is 3. The van der Waals surface area contributed by atoms with Gasteiger partial charge in [0.05, 0.1) is 11.1 Å². The lowest BCUT2D eigenvalue weighted by Gasteiger charge is -2.35. The van der Waals surface area contributed by atoms with Crippen molar-refractivity contribution in [2.24, 2.45) is 0 Å². The van der Waals surface area contributed by atoms with E-state index < -0.39 is 0 Å². The normalized spacial score (nSPS) is 14.6. The second kappa shape index (κ2) is 11.7. The Kier molecular flexibility index (Phi) is 8.70. The summed E-state index contributed by atoms with van der Waals surface area (Å²) in [6.07, 6.45) is 9.93. The second-order valence-electron chi connectivity index (χ2n) is 7.52. The zero-order valence-electron chi connectivity index (χ0n) is 17.5. The summed E-state index contributed by atoms with van der Waals surface area (Å²) in [5, 5.41) is 3.83. The number of aryl methyl sites for hydroxylation is 1. The fourth-order valence-corrected chi connectivity index (χ4v) is 4.22. The number of nitrogens with zero attached hydrogens (tertiary/aromatic N) is 5. The quantitative estimate of drug-likeness (QED) is 0.404. The highest BCUT2D eigenvalue weighted by molar-refractivity contribution is 7.17. The number of unbranched alkanes of at least 4 members (excludes halogenated alkanes) is 5. The maximum Gasteiger partial charge on any atom is 0.188 e. The zero-order valence-corrected chi connectivity index (χ0v) is 18.4. The Hall–Kier alpha value is -2.39. The Morgan fingerprint density at radius 2 is 1.83 bits per heavy atom. The SMILES string of the molecule is Cc1nc(Nc2ncc(C=O)s2)cc(N2CCN(CCCCCCCC=O)CC2)n1. The average Bonchev–Trinajstić information content (AvgIpc) is 3.20. The van der Waals surface area contributed by atoms with Crippen LogP contribution in [0, 0.1) is 6.92 Å². The molecule has 162 valence electrons. The van der Waals surface area contributed by atoms with E-state index in [1.807, 2.05) is 13.0 Å². The lowest BCUT2D eigenvalue weighted by molar-refractivity contribution is -0.107. The molecule has 30 heavy (non-hydrogen) atoms. The molecular weight excluding hydrogens is 400 g/mol. The fraction of sp³-hybridized carbons (Fsp3) is 0.571. The number of piperazine rings is 1. The van der Waals surface area contributed by atoms with E-state index in [0.717, 1.165) is 64.0 Å². The first-order valence-electron chi connectivity index (χ1n) is 10.6. The number of aldehydes is 2. The van der Waals surface area contributed by atoms with Crippen molar-refractivity contribution in [2.45, 2.75) is 45.4 Å². The number of thiazole rings is 1. The summed E-state index contributed by atoms with van der Waals surface area (Å²) in [7, 11) is 0. The van der Waals surface area contributed by atoms with Crippen LogP contribution < -0.4 is 10.2 Å². The van der Waals surface area contributed by atoms with Crippen molar-refractivity contribution in [1.29, 1.82) is 0 Å². The van der Waals surface area contributed by atoms with Gasteiger partial charge in [0, 0.05) is 38.7 Å². The van der Waals surface area contributed by atoms with E-state index >= 15 is 0 Å². The molecule has 3 rings (SSSR count). The van der Waals surface area contributed by atoms with Gasteiger partial charge in [-0.05, 0) is 26.3 Å². The van der Waals surface area contributed by atoms with Crippen LogP contribution in [-0.2, 0) is 4.79 Å². The number of carbonyl (C=O) groups excluding carboxylic acids is 2. The third-order valence-electron chi connectivity index (χ3n) is 5.19. The molecule has 0 bridgehead atoms. The highest BCUT2D eigenvalue weighted by Gasteiger charge is 2.19. The van der Waals surface area contributed by atoms with Gasteiger partial charge in [-0.2, -0.15) is 0 Å². The Balaban J connectivity index is 1.45. The molecule has 0 spiro atoms. The van der Waals surface area contributed by atoms with Crippen LogP contribution in [0.15, 0.2) is 12.3 Å². The minimum atomic E-state index is 0.584. The third kappa shape index (κ3) is 6.84. The number of carbonyl (C=O) groups is 2. The van der Waals surface area contributed by atoms with E-state index in [1.165, 1.54) is 30.6 Å². The standard InChI is InChI=1S/C21H30N6O2S/c1-17-23-19(25-21-22-15-18(16-29)30-21)14-20(24-17)27-11-9-26(10-12-27)8-6-4-2-3-5-7-13-28/h13-16H,2-12H2,1H3,(H,22,23,24,25). The predicted octanol–water partition coefficient (Wildman–Crippen LogP) is 3.46. The molecule has 2 aromatic heterocycles. The molecule has 1 saturated heterocycles. The molecule has 0 aromatic carbocycles. The molecule has 3 heterocycles. The van der Waals surface area contributed by atoms with Crippen LogP contribution in [0.2, 0.25) is 0 Å². The Labute approximate surface area is 181 Å². The average molecular weight is 431 g/mol. The first-order valence-corrected chi connectivity index (χ1v) is 11.4. The van der Waals surface area contributed by atoms with Crippen molar-refractivity contribution in [1.82, 2.24) is 19.9 Å². The minimum Gasteiger partial charge on any atom is -0.354 e. The van der Waals surface area contributed by atoms with Crippen LogP contribution in [0.4, 0.5) is 16.8 Å². The highest BCUT2D eigenvalue weighted by Crippen LogP contribution is 2.23. The molecular formula is C21H30N6O2S. The molecule has 2 aromatic rings. The number of hydrogen-bond donors (Lipinski definition) is 1. The molecule has 0 aliphatic carbocycles. The molecule has 8 nitrogen and oxygen atoms in total. The smallest absolute Gasteiger partial charge is 0.188 e. The van der Waals surface area contributed by atoms with Gasteiger partial charge in [0.25, 0.3) is 0 Å². The first kappa shape index (κ1) is 22.3. The van der Waals surface area contributed by atoms with Crippen molar-refractivity contribution >= 4 is 40.7 Å². The summed E-state index contributed by atoms with van der Waals surface area (Å²) in [6.45, 7) is 6.99. The molecule has 0 atom stereocenters. The number of rotatable bonds is 12. The lowest BCUT2D eigenvalue weighted by Crippen LogP contribution is -2.47. The molecule has 0 unspecified atom stereocenters. The van der Waals surface area contributed by atoms with E-state index in [0.29, 0.717) is 28.1 Å². The van der Waals surface area contributed by atoms with Crippen molar-refractivity contribution in [2.75, 3.05) is 42.9 Å². The zero-order chi connectivity index (χ0) is 21.2. The van der Waals surface area contributed by atoms with Crippen LogP contribution in [-0.4, -0.2) is 65.1 Å². The van der Waals surface area contributed by atoms with Crippen molar-refractivity contribution in [3.05, 3.63) is 23.0 Å². The van der Waals surface area contributed by atoms with Crippen molar-refractivity contribution in [3.8, 4) is 0 Å². The molecule has 1 aliphatic rings. The summed E-state index contributed by atoms with van der Waals surface area (Å²) in [5.41, 5.74) is 0. The summed E-state index contributed by atoms with van der Waals surface area (Å²) >= 11 is 1.30. The van der Waals surface area contributed by atoms with Crippen LogP contribution in [0.1, 0.15) is 54.0 Å². The van der Waals surface area contributed by atoms with Crippen molar-refractivity contribution in [3.63, 3.8) is 0 Å². The van der Waals surface area contributed by atoms with Crippen LogP contribution >= 0.6 is 11.3 Å². The molecule has 0 radical (unpaired) electrons. The molecule has 9 heteroatoms. The summed E-state index contributed by atoms with van der Waals surface area (Å²) in [4.78, 5) is 39.8. The van der Waals surface area contributed by atoms with Gasteiger partial charge in [-0.3, -0.25) is 9.69 Å². The maximum absolute atomic E-state index is 10.8. The lowest BCUT2D eigenvalue weighted by atomic mass is 10.1. The van der Waals surface area contributed by atoms with Crippen LogP contribution in [0.5, 0.6) is 0 Å². The van der Waals surface area contributed by atoms with Crippen LogP contribution in [0.3, 0.4) is 0 Å². The largest absolute Gasteiger partial charge is 0.354 e. The van der Waals surface area contributed by atoms with Gasteiger partial charge in [-0.15, -0.1) is 0 Å². The van der Waals surface area contributed by atoms with E-state index in [9.17, 15) is 9.59 Å². The summed E-state index contributed by atoms with van der Waals surface area (Å²) < 4.78 is 0. The molecule has 1 aliphatic heterocycles. The first-order chi connectivity index (χ1) is 14.7. The monoisotopic (exact) mass is 430 g/mol. The fourth-order valence-electron chi connectivity index (χ4n) is 3.58. The Morgan fingerprint density at radius 3 is 2.57 bits per heavy atom.